The van der Waals surface area contributed by atoms with Gasteiger partial charge in [-0.25, -0.2) is 14.5 Å². The highest BCUT2D eigenvalue weighted by Gasteiger charge is 2.48. The summed E-state index contributed by atoms with van der Waals surface area (Å²) in [5.74, 6) is 0.177. The molecule has 1 N–H and O–H groups in total. The molecule has 3 fully saturated rings. The van der Waals surface area contributed by atoms with E-state index >= 15 is 0 Å². The summed E-state index contributed by atoms with van der Waals surface area (Å²) in [6.07, 6.45) is 2.91. The third-order valence-electron chi connectivity index (χ3n) is 6.75. The second kappa shape index (κ2) is 11.3. The van der Waals surface area contributed by atoms with Crippen molar-refractivity contribution in [3.05, 3.63) is 66.2 Å². The second-order valence-corrected chi connectivity index (χ2v) is 10.5. The van der Waals surface area contributed by atoms with Gasteiger partial charge in [0, 0.05) is 25.0 Å². The number of anilines is 1. The van der Waals surface area contributed by atoms with E-state index in [1.807, 2.05) is 36.4 Å². The number of benzene rings is 2. The molecule has 8 nitrogen and oxygen atoms in total. The number of rotatable bonds is 6. The van der Waals surface area contributed by atoms with Gasteiger partial charge in [-0.3, -0.25) is 9.69 Å². The third-order valence-corrected chi connectivity index (χ3v) is 8.21. The van der Waals surface area contributed by atoms with Crippen LogP contribution in [0.2, 0.25) is 0 Å². The summed E-state index contributed by atoms with van der Waals surface area (Å²) in [6, 6.07) is 17.2. The minimum atomic E-state index is -0.809. The molecular formula is C27H31N3O5S. The number of hydrogen-bond acceptors (Lipinski definition) is 6. The number of imide groups is 1. The van der Waals surface area contributed by atoms with Crippen LogP contribution in [0.4, 0.5) is 15.3 Å². The van der Waals surface area contributed by atoms with Crippen molar-refractivity contribution in [1.82, 2.24) is 10.2 Å². The maximum atomic E-state index is 14.0. The molecule has 2 atom stereocenters. The van der Waals surface area contributed by atoms with Gasteiger partial charge < -0.3 is 14.8 Å². The van der Waals surface area contributed by atoms with Crippen LogP contribution >= 0.6 is 11.8 Å². The SMILES string of the molecule is O=C(NC1CC1)N(C(=O)C1CSC(C2CCOCC2)N1C(=O)OCc1ccccc1)c1ccccc1. The van der Waals surface area contributed by atoms with Gasteiger partial charge in [0.05, 0.1) is 11.1 Å². The Morgan fingerprint density at radius 3 is 2.31 bits per heavy atom. The van der Waals surface area contributed by atoms with Crippen LogP contribution in [0.3, 0.4) is 0 Å². The van der Waals surface area contributed by atoms with Gasteiger partial charge in [-0.05, 0) is 49.3 Å². The van der Waals surface area contributed by atoms with Crippen LogP contribution in [0.25, 0.3) is 0 Å². The summed E-state index contributed by atoms with van der Waals surface area (Å²) >= 11 is 1.58. The first kappa shape index (κ1) is 24.6. The molecule has 2 unspecified atom stereocenters. The number of thioether (sulfide) groups is 1. The Labute approximate surface area is 215 Å². The molecule has 0 spiro atoms. The summed E-state index contributed by atoms with van der Waals surface area (Å²) in [4.78, 5) is 43.4. The Morgan fingerprint density at radius 1 is 0.972 bits per heavy atom. The first-order chi connectivity index (χ1) is 17.6. The van der Waals surface area contributed by atoms with Gasteiger partial charge in [-0.15, -0.1) is 11.8 Å². The van der Waals surface area contributed by atoms with E-state index in [4.69, 9.17) is 9.47 Å². The smallest absolute Gasteiger partial charge is 0.411 e. The zero-order chi connectivity index (χ0) is 24.9. The number of ether oxygens (including phenoxy) is 2. The fraction of sp³-hybridized carbons (Fsp3) is 0.444. The Morgan fingerprint density at radius 2 is 1.64 bits per heavy atom. The Bertz CT molecular complexity index is 1060. The molecule has 4 amide bonds. The molecule has 2 aromatic rings. The number of urea groups is 1. The lowest BCUT2D eigenvalue weighted by Crippen LogP contribution is -2.56. The summed E-state index contributed by atoms with van der Waals surface area (Å²) in [7, 11) is 0. The highest BCUT2D eigenvalue weighted by atomic mass is 32.2. The van der Waals surface area contributed by atoms with Gasteiger partial charge in [-0.1, -0.05) is 48.5 Å². The Hall–Kier alpha value is -3.04. The van der Waals surface area contributed by atoms with E-state index < -0.39 is 24.1 Å². The van der Waals surface area contributed by atoms with Crippen molar-refractivity contribution < 1.29 is 23.9 Å². The molecule has 2 aromatic carbocycles. The fourth-order valence-corrected chi connectivity index (χ4v) is 6.27. The van der Waals surface area contributed by atoms with Crippen molar-refractivity contribution in [2.75, 3.05) is 23.9 Å². The standard InChI is InChI=1S/C27H31N3O5S/c31-24(29(22-9-5-2-6-10-22)26(32)28-21-11-12-21)23-18-36-25(20-13-15-34-16-14-20)30(23)27(33)35-17-19-7-3-1-4-8-19/h1-10,20-21,23,25H,11-18H2,(H,28,32). The van der Waals surface area contributed by atoms with E-state index in [1.54, 1.807) is 40.9 Å². The Balaban J connectivity index is 1.40. The summed E-state index contributed by atoms with van der Waals surface area (Å²) in [5, 5.41) is 2.72. The minimum absolute atomic E-state index is 0.0939. The van der Waals surface area contributed by atoms with Crippen LogP contribution in [-0.4, -0.2) is 59.4 Å². The van der Waals surface area contributed by atoms with Gasteiger partial charge in [0.15, 0.2) is 0 Å². The van der Waals surface area contributed by atoms with Crippen LogP contribution in [0, 0.1) is 5.92 Å². The lowest BCUT2D eigenvalue weighted by Gasteiger charge is -2.35. The monoisotopic (exact) mass is 509 g/mol. The van der Waals surface area contributed by atoms with E-state index in [2.05, 4.69) is 5.32 Å². The fourth-order valence-electron chi connectivity index (χ4n) is 4.64. The highest BCUT2D eigenvalue weighted by Crippen LogP contribution is 2.39. The topological polar surface area (TPSA) is 88.2 Å². The van der Waals surface area contributed by atoms with E-state index in [9.17, 15) is 14.4 Å². The van der Waals surface area contributed by atoms with Gasteiger partial charge in [-0.2, -0.15) is 0 Å². The van der Waals surface area contributed by atoms with Gasteiger partial charge in [0.1, 0.15) is 12.6 Å². The molecule has 5 rings (SSSR count). The maximum Gasteiger partial charge on any atom is 0.411 e. The molecule has 2 saturated heterocycles. The minimum Gasteiger partial charge on any atom is -0.445 e. The average Bonchev–Trinajstić information content (AvgIpc) is 3.62. The summed E-state index contributed by atoms with van der Waals surface area (Å²) in [6.45, 7) is 1.38. The molecular weight excluding hydrogens is 478 g/mol. The Kier molecular flexibility index (Phi) is 7.77. The molecule has 1 aliphatic carbocycles. The van der Waals surface area contributed by atoms with Gasteiger partial charge in [0.25, 0.3) is 5.91 Å². The van der Waals surface area contributed by atoms with Crippen molar-refractivity contribution in [3.8, 4) is 0 Å². The lowest BCUT2D eigenvalue weighted by atomic mass is 9.98. The average molecular weight is 510 g/mol. The van der Waals surface area contributed by atoms with Crippen LogP contribution in [0.15, 0.2) is 60.7 Å². The van der Waals surface area contributed by atoms with E-state index in [0.29, 0.717) is 24.7 Å². The lowest BCUT2D eigenvalue weighted by molar-refractivity contribution is -0.122. The number of nitrogens with zero attached hydrogens (tertiary/aromatic N) is 2. The molecule has 3 aliphatic rings. The molecule has 0 aromatic heterocycles. The van der Waals surface area contributed by atoms with E-state index in [0.717, 1.165) is 31.2 Å². The molecule has 36 heavy (non-hydrogen) atoms. The van der Waals surface area contributed by atoms with Crippen molar-refractivity contribution in [2.24, 2.45) is 5.92 Å². The molecule has 9 heteroatoms. The second-order valence-electron chi connectivity index (χ2n) is 9.37. The van der Waals surface area contributed by atoms with Crippen molar-refractivity contribution >= 4 is 35.5 Å². The largest absolute Gasteiger partial charge is 0.445 e. The first-order valence-corrected chi connectivity index (χ1v) is 13.5. The normalized spacial score (nSPS) is 22.2. The summed E-state index contributed by atoms with van der Waals surface area (Å²) in [5.41, 5.74) is 1.36. The molecule has 0 bridgehead atoms. The first-order valence-electron chi connectivity index (χ1n) is 12.5. The van der Waals surface area contributed by atoms with Crippen molar-refractivity contribution in [1.29, 1.82) is 0 Å². The predicted octanol–water partition coefficient (Wildman–Crippen LogP) is 4.40. The number of hydrogen-bond donors (Lipinski definition) is 1. The molecule has 1 saturated carbocycles. The molecule has 2 heterocycles. The number of nitrogens with one attached hydrogen (secondary N) is 1. The van der Waals surface area contributed by atoms with E-state index in [1.165, 1.54) is 4.90 Å². The van der Waals surface area contributed by atoms with Crippen molar-refractivity contribution in [3.63, 3.8) is 0 Å². The van der Waals surface area contributed by atoms with Crippen LogP contribution in [0.5, 0.6) is 0 Å². The highest BCUT2D eigenvalue weighted by molar-refractivity contribution is 8.00. The zero-order valence-corrected chi connectivity index (χ0v) is 20.9. The van der Waals surface area contributed by atoms with Crippen LogP contribution in [0.1, 0.15) is 31.2 Å². The summed E-state index contributed by atoms with van der Waals surface area (Å²) < 4.78 is 11.2. The van der Waals surface area contributed by atoms with Gasteiger partial charge in [0.2, 0.25) is 0 Å². The van der Waals surface area contributed by atoms with E-state index in [-0.39, 0.29) is 23.9 Å². The molecule has 2 aliphatic heterocycles. The third kappa shape index (κ3) is 5.68. The molecule has 190 valence electrons. The number of amides is 4. The van der Waals surface area contributed by atoms with Crippen LogP contribution in [-0.2, 0) is 20.9 Å². The molecule has 0 radical (unpaired) electrons. The zero-order valence-electron chi connectivity index (χ0n) is 20.1. The van der Waals surface area contributed by atoms with Crippen molar-refractivity contribution in [2.45, 2.75) is 49.7 Å². The maximum absolute atomic E-state index is 14.0. The predicted molar refractivity (Wildman–Crippen MR) is 138 cm³/mol. The number of carbonyl (C=O) groups excluding carboxylic acids is 3. The number of para-hydroxylation sites is 1. The van der Waals surface area contributed by atoms with Crippen LogP contribution < -0.4 is 10.2 Å². The quantitative estimate of drug-likeness (QED) is 0.621. The number of carbonyl (C=O) groups is 3. The van der Waals surface area contributed by atoms with Gasteiger partial charge >= 0.3 is 12.1 Å².